The smallest absolute Gasteiger partial charge is 0.305 e. The Balaban J connectivity index is 3.30. The lowest BCUT2D eigenvalue weighted by Crippen LogP contribution is -2.45. The molecule has 0 bridgehead atoms. The quantitative estimate of drug-likeness (QED) is 0.0320. The summed E-state index contributed by atoms with van der Waals surface area (Å²) < 4.78 is 5.51. The van der Waals surface area contributed by atoms with Crippen molar-refractivity contribution in [3.8, 4) is 0 Å². The molecular weight excluding hydrogens is 1070 g/mol. The van der Waals surface area contributed by atoms with Crippen molar-refractivity contribution in [2.45, 2.75) is 482 Å². The van der Waals surface area contributed by atoms with Crippen LogP contribution in [0.3, 0.4) is 0 Å². The van der Waals surface area contributed by atoms with Gasteiger partial charge in [-0.2, -0.15) is 0 Å². The summed E-state index contributed by atoms with van der Waals surface area (Å²) >= 11 is 0. The summed E-state index contributed by atoms with van der Waals surface area (Å²) in [6.45, 7) is 5.00. The van der Waals surface area contributed by atoms with Crippen LogP contribution in [0.2, 0.25) is 0 Å². The molecule has 0 aromatic carbocycles. The Morgan fingerprint density at radius 2 is 0.540 bits per heavy atom. The minimum atomic E-state index is -0.660. The molecule has 6 heteroatoms. The Kier molecular flexibility index (Phi) is 75.8. The van der Waals surface area contributed by atoms with Gasteiger partial charge in [-0.15, -0.1) is 0 Å². The Hall–Kier alpha value is -1.40. The van der Waals surface area contributed by atoms with E-state index >= 15 is 0 Å². The van der Waals surface area contributed by atoms with E-state index in [0.717, 1.165) is 38.5 Å². The Morgan fingerprint density at radius 1 is 0.310 bits per heavy atom. The fourth-order valence-electron chi connectivity index (χ4n) is 13.2. The summed E-state index contributed by atoms with van der Waals surface area (Å²) in [5.41, 5.74) is 0. The van der Waals surface area contributed by atoms with E-state index in [1.807, 2.05) is 0 Å². The molecule has 3 N–H and O–H groups in total. The third-order valence-corrected chi connectivity index (χ3v) is 19.3. The molecule has 2 atom stereocenters. The third-order valence-electron chi connectivity index (χ3n) is 19.3. The fraction of sp³-hybridized carbons (Fsp3) is 0.951. The van der Waals surface area contributed by atoms with Crippen molar-refractivity contribution < 1.29 is 24.5 Å². The second-order valence-corrected chi connectivity index (χ2v) is 28.1. The van der Waals surface area contributed by atoms with Gasteiger partial charge < -0.3 is 20.3 Å². The van der Waals surface area contributed by atoms with Crippen LogP contribution in [-0.2, 0) is 14.3 Å². The van der Waals surface area contributed by atoms with Gasteiger partial charge in [0.25, 0.3) is 0 Å². The van der Waals surface area contributed by atoms with E-state index in [-0.39, 0.29) is 18.5 Å². The number of esters is 1. The van der Waals surface area contributed by atoms with E-state index in [0.29, 0.717) is 25.9 Å². The second-order valence-electron chi connectivity index (χ2n) is 28.1. The molecule has 0 radical (unpaired) electrons. The lowest BCUT2D eigenvalue weighted by Gasteiger charge is -2.22. The zero-order valence-corrected chi connectivity index (χ0v) is 59.5. The molecule has 0 aromatic heterocycles. The maximum atomic E-state index is 12.5. The first kappa shape index (κ1) is 85.6. The van der Waals surface area contributed by atoms with Crippen molar-refractivity contribution in [1.82, 2.24) is 5.32 Å². The zero-order valence-electron chi connectivity index (χ0n) is 59.5. The molecule has 0 rings (SSSR count). The van der Waals surface area contributed by atoms with Gasteiger partial charge in [0.15, 0.2) is 0 Å². The van der Waals surface area contributed by atoms with Crippen LogP contribution in [0.4, 0.5) is 0 Å². The standard InChI is InChI=1S/C81H159NO5/c1-3-5-7-9-11-13-15-17-19-21-42-45-49-53-57-61-65-69-73-79(84)78(77-83)82-80(85)74-70-66-62-58-54-50-46-43-39-37-35-33-31-29-27-25-23-22-24-26-28-30-32-34-36-38-40-44-48-52-56-60-64-68-72-76-87-81(86)75-71-67-63-59-55-51-47-41-20-18-16-14-12-10-8-6-4-2/h18,20,78-79,83-84H,3-17,19,21-77H2,1-2H3,(H,82,85)/b20-18-. The highest BCUT2D eigenvalue weighted by Crippen LogP contribution is 2.21. The van der Waals surface area contributed by atoms with Crippen LogP contribution in [0.15, 0.2) is 12.2 Å². The number of aliphatic hydroxyl groups is 2. The van der Waals surface area contributed by atoms with Gasteiger partial charge >= 0.3 is 5.97 Å². The fourth-order valence-corrected chi connectivity index (χ4v) is 13.2. The highest BCUT2D eigenvalue weighted by atomic mass is 16.5. The molecule has 0 aliphatic carbocycles. The van der Waals surface area contributed by atoms with Crippen LogP contribution in [0.1, 0.15) is 470 Å². The van der Waals surface area contributed by atoms with Gasteiger partial charge in [0, 0.05) is 12.8 Å². The SMILES string of the molecule is CCCCCCCC/C=C\CCCCCCCCCC(=O)OCCCCCCCCCCCCCCCCCCCCCCCCCCCCCCCCCCCCCC(=O)NC(CO)C(O)CCCCCCCCCCCCCCCCCCCC. The second kappa shape index (κ2) is 77.1. The van der Waals surface area contributed by atoms with E-state index in [1.165, 1.54) is 398 Å². The number of aliphatic hydroxyl groups excluding tert-OH is 2. The predicted octanol–water partition coefficient (Wildman–Crippen LogP) is 26.7. The number of ether oxygens (including phenoxy) is 1. The van der Waals surface area contributed by atoms with Crippen LogP contribution in [0.5, 0.6) is 0 Å². The van der Waals surface area contributed by atoms with Gasteiger partial charge in [0.2, 0.25) is 5.91 Å². The third kappa shape index (κ3) is 73.5. The molecule has 0 aliphatic rings. The molecule has 87 heavy (non-hydrogen) atoms. The summed E-state index contributed by atoms with van der Waals surface area (Å²) in [6, 6.07) is -0.537. The first-order valence-electron chi connectivity index (χ1n) is 40.4. The molecule has 0 heterocycles. The minimum absolute atomic E-state index is 0.0205. The van der Waals surface area contributed by atoms with Crippen LogP contribution in [0.25, 0.3) is 0 Å². The van der Waals surface area contributed by atoms with E-state index < -0.39 is 12.1 Å². The van der Waals surface area contributed by atoms with E-state index in [9.17, 15) is 19.8 Å². The van der Waals surface area contributed by atoms with Crippen molar-refractivity contribution in [1.29, 1.82) is 0 Å². The van der Waals surface area contributed by atoms with E-state index in [2.05, 4.69) is 31.3 Å². The molecule has 2 unspecified atom stereocenters. The summed E-state index contributed by atoms with van der Waals surface area (Å²) in [6.07, 6.45) is 97.4. The van der Waals surface area contributed by atoms with Gasteiger partial charge in [-0.25, -0.2) is 0 Å². The molecule has 0 saturated carbocycles. The largest absolute Gasteiger partial charge is 0.466 e. The van der Waals surface area contributed by atoms with Crippen molar-refractivity contribution >= 4 is 11.9 Å². The van der Waals surface area contributed by atoms with Gasteiger partial charge in [0.05, 0.1) is 25.4 Å². The summed E-state index contributed by atoms with van der Waals surface area (Å²) in [5.74, 6) is -0.00410. The molecule has 0 aromatic rings. The topological polar surface area (TPSA) is 95.9 Å². The summed E-state index contributed by atoms with van der Waals surface area (Å²) in [4.78, 5) is 24.7. The van der Waals surface area contributed by atoms with E-state index in [4.69, 9.17) is 4.74 Å². The molecule has 1 amide bonds. The number of amides is 1. The molecular formula is C81H159NO5. The van der Waals surface area contributed by atoms with Crippen LogP contribution in [-0.4, -0.2) is 47.4 Å². The number of rotatable bonds is 77. The Bertz CT molecular complexity index is 1320. The molecule has 6 nitrogen and oxygen atoms in total. The van der Waals surface area contributed by atoms with E-state index in [1.54, 1.807) is 0 Å². The molecule has 518 valence electrons. The average molecular weight is 1230 g/mol. The maximum absolute atomic E-state index is 12.5. The van der Waals surface area contributed by atoms with Crippen molar-refractivity contribution in [2.75, 3.05) is 13.2 Å². The number of carbonyl (C=O) groups is 2. The maximum Gasteiger partial charge on any atom is 0.305 e. The van der Waals surface area contributed by atoms with Gasteiger partial charge in [0.1, 0.15) is 0 Å². The van der Waals surface area contributed by atoms with Crippen LogP contribution in [0, 0.1) is 0 Å². The highest BCUT2D eigenvalue weighted by Gasteiger charge is 2.20. The Labute approximate surface area is 546 Å². The average Bonchev–Trinajstić information content (AvgIpc) is 3.53. The van der Waals surface area contributed by atoms with Gasteiger partial charge in [-0.1, -0.05) is 418 Å². The van der Waals surface area contributed by atoms with Crippen molar-refractivity contribution in [3.05, 3.63) is 12.2 Å². The summed E-state index contributed by atoms with van der Waals surface area (Å²) in [7, 11) is 0. The number of nitrogens with one attached hydrogen (secondary N) is 1. The zero-order chi connectivity index (χ0) is 62.8. The monoisotopic (exact) mass is 1230 g/mol. The molecule has 0 fully saturated rings. The first-order chi connectivity index (χ1) is 43.0. The predicted molar refractivity (Wildman–Crippen MR) is 384 cm³/mol. The molecule has 0 aliphatic heterocycles. The van der Waals surface area contributed by atoms with Crippen molar-refractivity contribution in [2.24, 2.45) is 0 Å². The highest BCUT2D eigenvalue weighted by molar-refractivity contribution is 5.76. The van der Waals surface area contributed by atoms with Crippen LogP contribution < -0.4 is 5.32 Å². The lowest BCUT2D eigenvalue weighted by atomic mass is 10.0. The number of hydrogen-bond donors (Lipinski definition) is 3. The lowest BCUT2D eigenvalue weighted by molar-refractivity contribution is -0.143. The molecule has 0 saturated heterocycles. The number of allylic oxidation sites excluding steroid dienone is 2. The normalized spacial score (nSPS) is 12.5. The number of carbonyl (C=O) groups excluding carboxylic acids is 2. The first-order valence-corrected chi connectivity index (χ1v) is 40.4. The molecule has 0 spiro atoms. The van der Waals surface area contributed by atoms with Gasteiger partial charge in [-0.05, 0) is 51.4 Å². The number of unbranched alkanes of at least 4 members (excludes halogenated alkanes) is 64. The minimum Gasteiger partial charge on any atom is -0.466 e. The Morgan fingerprint density at radius 3 is 0.816 bits per heavy atom. The van der Waals surface area contributed by atoms with Crippen molar-refractivity contribution in [3.63, 3.8) is 0 Å². The van der Waals surface area contributed by atoms with Crippen LogP contribution >= 0.6 is 0 Å². The van der Waals surface area contributed by atoms with Gasteiger partial charge in [-0.3, -0.25) is 9.59 Å². The summed E-state index contributed by atoms with van der Waals surface area (Å²) in [5, 5.41) is 23.4. The number of hydrogen-bond acceptors (Lipinski definition) is 5.